The molecule has 0 spiro atoms. The molecule has 2 atom stereocenters. The molecule has 3 heterocycles. The maximum Gasteiger partial charge on any atom is 0.232 e. The first-order valence-electron chi connectivity index (χ1n) is 9.96. The predicted octanol–water partition coefficient (Wildman–Crippen LogP) is 4.30. The van der Waals surface area contributed by atoms with Gasteiger partial charge in [0.15, 0.2) is 10.9 Å². The summed E-state index contributed by atoms with van der Waals surface area (Å²) in [6.07, 6.45) is 1.36. The number of carbonyl (C=O) groups is 1. The molecule has 0 radical (unpaired) electrons. The van der Waals surface area contributed by atoms with Crippen LogP contribution in [0.15, 0.2) is 18.3 Å². The van der Waals surface area contributed by atoms with Gasteiger partial charge < -0.3 is 10.2 Å². The second-order valence-electron chi connectivity index (χ2n) is 7.81. The molecule has 3 aromatic heterocycles. The molecule has 1 amide bonds. The number of rotatable bonds is 5. The number of aromatic nitrogens is 4. The van der Waals surface area contributed by atoms with Gasteiger partial charge in [-0.2, -0.15) is 5.10 Å². The van der Waals surface area contributed by atoms with E-state index in [2.05, 4.69) is 20.5 Å². The number of halogens is 2. The van der Waals surface area contributed by atoms with E-state index < -0.39 is 12.1 Å². The number of hydrogen-bond acceptors (Lipinski definition) is 6. The molecular formula is C21H20F2N6OS. The lowest BCUT2D eigenvalue weighted by Crippen LogP contribution is -2.14. The monoisotopic (exact) mass is 442 g/mol. The molecule has 0 aliphatic heterocycles. The summed E-state index contributed by atoms with van der Waals surface area (Å²) in [5.41, 5.74) is 3.54. The van der Waals surface area contributed by atoms with Crippen LogP contribution in [-0.4, -0.2) is 46.3 Å². The standard InChI is InChI=1S/C21H20F2N6OS/c1-4-9-15(11-8-24-28-17(11)18(16(9)23)29(2)3)13-5-6-14-20(25-13)31-21(26-14)27-19(30)10-7-12(10)22/h5-6,8,10,12H,4,7H2,1-3H3,(H,24,28)(H,26,27,30). The molecule has 1 saturated carbocycles. The van der Waals surface area contributed by atoms with Gasteiger partial charge in [-0.25, -0.2) is 18.7 Å². The number of carbonyl (C=O) groups excluding carboxylic acids is 1. The van der Waals surface area contributed by atoms with E-state index in [1.807, 2.05) is 6.92 Å². The Hall–Kier alpha value is -3.14. The van der Waals surface area contributed by atoms with E-state index in [1.54, 1.807) is 37.3 Å². The first-order chi connectivity index (χ1) is 14.9. The zero-order valence-electron chi connectivity index (χ0n) is 17.2. The van der Waals surface area contributed by atoms with Crippen molar-refractivity contribution in [2.45, 2.75) is 25.9 Å². The quantitative estimate of drug-likeness (QED) is 0.481. The summed E-state index contributed by atoms with van der Waals surface area (Å²) in [5, 5.41) is 10.9. The van der Waals surface area contributed by atoms with E-state index in [-0.39, 0.29) is 18.1 Å². The highest BCUT2D eigenvalue weighted by Gasteiger charge is 2.43. The minimum absolute atomic E-state index is 0.258. The van der Waals surface area contributed by atoms with Crippen LogP contribution < -0.4 is 10.2 Å². The zero-order valence-corrected chi connectivity index (χ0v) is 18.0. The number of benzene rings is 1. The summed E-state index contributed by atoms with van der Waals surface area (Å²) < 4.78 is 28.6. The zero-order chi connectivity index (χ0) is 21.9. The predicted molar refractivity (Wildman–Crippen MR) is 118 cm³/mol. The van der Waals surface area contributed by atoms with Crippen molar-refractivity contribution < 1.29 is 13.6 Å². The van der Waals surface area contributed by atoms with Crippen LogP contribution >= 0.6 is 11.3 Å². The Morgan fingerprint density at radius 2 is 2.13 bits per heavy atom. The Labute approximate surface area is 180 Å². The van der Waals surface area contributed by atoms with E-state index in [4.69, 9.17) is 4.98 Å². The van der Waals surface area contributed by atoms with Crippen molar-refractivity contribution in [3.63, 3.8) is 0 Å². The normalized spacial score (nSPS) is 18.0. The molecule has 4 aromatic rings. The third-order valence-electron chi connectivity index (χ3n) is 5.51. The number of nitrogens with zero attached hydrogens (tertiary/aromatic N) is 4. The van der Waals surface area contributed by atoms with Gasteiger partial charge in [0.1, 0.15) is 16.5 Å². The molecule has 0 saturated heterocycles. The highest BCUT2D eigenvalue weighted by molar-refractivity contribution is 7.22. The van der Waals surface area contributed by atoms with Crippen molar-refractivity contribution in [2.75, 3.05) is 24.3 Å². The number of H-pyrrole nitrogens is 1. The van der Waals surface area contributed by atoms with Crippen LogP contribution in [0.1, 0.15) is 18.9 Å². The molecule has 2 N–H and O–H groups in total. The highest BCUT2D eigenvalue weighted by Crippen LogP contribution is 2.40. The summed E-state index contributed by atoms with van der Waals surface area (Å²) >= 11 is 1.21. The highest BCUT2D eigenvalue weighted by atomic mass is 32.1. The van der Waals surface area contributed by atoms with E-state index in [0.29, 0.717) is 49.9 Å². The first-order valence-corrected chi connectivity index (χ1v) is 10.8. The molecule has 1 aliphatic rings. The minimum atomic E-state index is -1.07. The van der Waals surface area contributed by atoms with Crippen LogP contribution in [0.4, 0.5) is 19.6 Å². The fraction of sp³-hybridized carbons (Fsp3) is 0.333. The smallest absolute Gasteiger partial charge is 0.232 e. The number of aromatic amines is 1. The first kappa shape index (κ1) is 19.8. The fourth-order valence-corrected chi connectivity index (χ4v) is 4.71. The Morgan fingerprint density at radius 3 is 2.81 bits per heavy atom. The largest absolute Gasteiger partial charge is 0.374 e. The number of nitrogens with one attached hydrogen (secondary N) is 2. The summed E-state index contributed by atoms with van der Waals surface area (Å²) in [7, 11) is 3.59. The maximum atomic E-state index is 15.4. The number of hydrogen-bond donors (Lipinski definition) is 2. The maximum absolute atomic E-state index is 15.4. The lowest BCUT2D eigenvalue weighted by molar-refractivity contribution is -0.117. The Morgan fingerprint density at radius 1 is 1.35 bits per heavy atom. The molecule has 7 nitrogen and oxygen atoms in total. The van der Waals surface area contributed by atoms with E-state index in [0.717, 1.165) is 5.39 Å². The van der Waals surface area contributed by atoms with Gasteiger partial charge in [-0.05, 0) is 30.5 Å². The van der Waals surface area contributed by atoms with Gasteiger partial charge in [0.05, 0.1) is 29.0 Å². The van der Waals surface area contributed by atoms with E-state index >= 15 is 4.39 Å². The molecule has 31 heavy (non-hydrogen) atoms. The van der Waals surface area contributed by atoms with Crippen LogP contribution in [-0.2, 0) is 11.2 Å². The number of fused-ring (bicyclic) bond motifs is 2. The van der Waals surface area contributed by atoms with Gasteiger partial charge in [0.2, 0.25) is 5.91 Å². The van der Waals surface area contributed by atoms with Crippen molar-refractivity contribution in [1.29, 1.82) is 0 Å². The summed E-state index contributed by atoms with van der Waals surface area (Å²) in [6, 6.07) is 3.59. The van der Waals surface area contributed by atoms with E-state index in [1.165, 1.54) is 11.3 Å². The topological polar surface area (TPSA) is 86.8 Å². The second kappa shape index (κ2) is 7.23. The molecule has 1 fully saturated rings. The molecule has 10 heteroatoms. The summed E-state index contributed by atoms with van der Waals surface area (Å²) in [4.78, 5) is 23.4. The molecule has 160 valence electrons. The van der Waals surface area contributed by atoms with Crippen molar-refractivity contribution in [2.24, 2.45) is 5.92 Å². The van der Waals surface area contributed by atoms with E-state index in [9.17, 15) is 9.18 Å². The van der Waals surface area contributed by atoms with Crippen LogP contribution in [0, 0.1) is 11.7 Å². The minimum Gasteiger partial charge on any atom is -0.374 e. The SMILES string of the molecule is CCc1c(F)c(N(C)C)c2[nH]ncc2c1-c1ccc2nc(NC(=O)C3CC3F)sc2n1. The number of thiazole rings is 1. The lowest BCUT2D eigenvalue weighted by Gasteiger charge is -2.19. The summed E-state index contributed by atoms with van der Waals surface area (Å²) in [5.74, 6) is -1.25. The van der Waals surface area contributed by atoms with Gasteiger partial charge in [0.25, 0.3) is 0 Å². The lowest BCUT2D eigenvalue weighted by atomic mass is 9.96. The van der Waals surface area contributed by atoms with Crippen molar-refractivity contribution in [1.82, 2.24) is 20.2 Å². The molecule has 0 bridgehead atoms. The Balaban J connectivity index is 1.61. The molecular weight excluding hydrogens is 422 g/mol. The van der Waals surface area contributed by atoms with Gasteiger partial charge in [-0.15, -0.1) is 0 Å². The van der Waals surface area contributed by atoms with Crippen molar-refractivity contribution in [3.8, 4) is 11.3 Å². The Bertz CT molecular complexity index is 1330. The fourth-order valence-electron chi connectivity index (χ4n) is 3.87. The number of pyridine rings is 1. The van der Waals surface area contributed by atoms with Crippen molar-refractivity contribution >= 4 is 49.3 Å². The number of alkyl halides is 1. The molecule has 2 unspecified atom stereocenters. The second-order valence-corrected chi connectivity index (χ2v) is 8.79. The molecule has 1 aliphatic carbocycles. The van der Waals surface area contributed by atoms with Crippen LogP contribution in [0.2, 0.25) is 0 Å². The van der Waals surface area contributed by atoms with Crippen LogP contribution in [0.5, 0.6) is 0 Å². The molecule has 1 aromatic carbocycles. The van der Waals surface area contributed by atoms with Gasteiger partial charge >= 0.3 is 0 Å². The third-order valence-corrected chi connectivity index (χ3v) is 6.39. The average Bonchev–Trinajstić information content (AvgIpc) is 3.11. The Kier molecular flexibility index (Phi) is 4.62. The van der Waals surface area contributed by atoms with Crippen LogP contribution in [0.3, 0.4) is 0 Å². The number of amides is 1. The van der Waals surface area contributed by atoms with Gasteiger partial charge in [0, 0.05) is 25.0 Å². The summed E-state index contributed by atoms with van der Waals surface area (Å²) in [6.45, 7) is 1.90. The van der Waals surface area contributed by atoms with Crippen molar-refractivity contribution in [3.05, 3.63) is 29.7 Å². The molecule has 5 rings (SSSR count). The average molecular weight is 442 g/mol. The van der Waals surface area contributed by atoms with Gasteiger partial charge in [-0.3, -0.25) is 9.89 Å². The third kappa shape index (κ3) is 3.21. The van der Waals surface area contributed by atoms with Gasteiger partial charge in [-0.1, -0.05) is 18.3 Å². The number of anilines is 2. The van der Waals surface area contributed by atoms with Crippen LogP contribution in [0.25, 0.3) is 32.5 Å².